The van der Waals surface area contributed by atoms with Gasteiger partial charge in [0.15, 0.2) is 0 Å². The summed E-state index contributed by atoms with van der Waals surface area (Å²) in [6, 6.07) is 7.57. The number of hydrogen-bond acceptors (Lipinski definition) is 2. The van der Waals surface area contributed by atoms with E-state index < -0.39 is 0 Å². The first-order valence-electron chi connectivity index (χ1n) is 6.21. The van der Waals surface area contributed by atoms with Crippen LogP contribution in [0.25, 0.3) is 0 Å². The number of nitrogens with one attached hydrogen (secondary N) is 1. The summed E-state index contributed by atoms with van der Waals surface area (Å²) in [5.74, 6) is -0.222. The molecule has 0 bridgehead atoms. The van der Waals surface area contributed by atoms with E-state index in [1.807, 2.05) is 23.5 Å². The van der Waals surface area contributed by atoms with Crippen LogP contribution in [0.15, 0.2) is 28.7 Å². The molecule has 0 aliphatic carbocycles. The summed E-state index contributed by atoms with van der Waals surface area (Å²) in [7, 11) is 0. The fourth-order valence-electron chi connectivity index (χ4n) is 1.89. The van der Waals surface area contributed by atoms with Crippen LogP contribution in [0.5, 0.6) is 0 Å². The molecule has 0 spiro atoms. The van der Waals surface area contributed by atoms with Gasteiger partial charge in [-0.05, 0) is 66.0 Å². The summed E-state index contributed by atoms with van der Waals surface area (Å²) in [5, 5.41) is 3.47. The van der Waals surface area contributed by atoms with Gasteiger partial charge in [-0.1, -0.05) is 6.07 Å². The van der Waals surface area contributed by atoms with Crippen molar-refractivity contribution in [3.05, 3.63) is 55.4 Å². The molecule has 1 unspecified atom stereocenters. The minimum absolute atomic E-state index is 0.194. The molecule has 1 atom stereocenters. The molecular formula is C15H17BrFNS. The van der Waals surface area contributed by atoms with Gasteiger partial charge in [-0.3, -0.25) is 0 Å². The molecule has 2 rings (SSSR count). The third-order valence-corrected chi connectivity index (χ3v) is 5.00. The van der Waals surface area contributed by atoms with Crippen LogP contribution in [0, 0.1) is 19.7 Å². The summed E-state index contributed by atoms with van der Waals surface area (Å²) in [6.07, 6.45) is 0. The Balaban J connectivity index is 2.00. The van der Waals surface area contributed by atoms with Crippen molar-refractivity contribution in [2.45, 2.75) is 33.4 Å². The summed E-state index contributed by atoms with van der Waals surface area (Å²) in [6.45, 7) is 7.21. The van der Waals surface area contributed by atoms with E-state index in [9.17, 15) is 4.39 Å². The summed E-state index contributed by atoms with van der Waals surface area (Å²) >= 11 is 5.05. The Morgan fingerprint density at radius 3 is 2.63 bits per heavy atom. The lowest BCUT2D eigenvalue weighted by Crippen LogP contribution is -2.17. The van der Waals surface area contributed by atoms with Gasteiger partial charge in [0.25, 0.3) is 0 Å². The first-order valence-corrected chi connectivity index (χ1v) is 7.82. The fraction of sp³-hybridized carbons (Fsp3) is 0.333. The molecule has 4 heteroatoms. The molecular weight excluding hydrogens is 325 g/mol. The number of halogens is 2. The van der Waals surface area contributed by atoms with Crippen molar-refractivity contribution in [2.75, 3.05) is 0 Å². The highest BCUT2D eigenvalue weighted by atomic mass is 79.9. The van der Waals surface area contributed by atoms with Gasteiger partial charge in [0, 0.05) is 22.3 Å². The van der Waals surface area contributed by atoms with Crippen LogP contribution in [0.3, 0.4) is 0 Å². The Hall–Kier alpha value is -0.710. The van der Waals surface area contributed by atoms with Crippen LogP contribution < -0.4 is 5.32 Å². The summed E-state index contributed by atoms with van der Waals surface area (Å²) in [5.41, 5.74) is 2.43. The monoisotopic (exact) mass is 341 g/mol. The third-order valence-electron chi connectivity index (χ3n) is 3.24. The van der Waals surface area contributed by atoms with Crippen LogP contribution in [0.2, 0.25) is 0 Å². The van der Waals surface area contributed by atoms with Gasteiger partial charge in [0.2, 0.25) is 0 Å². The molecule has 1 nitrogen and oxygen atoms in total. The number of hydrogen-bond donors (Lipinski definition) is 1. The normalized spacial score (nSPS) is 12.7. The van der Waals surface area contributed by atoms with Crippen molar-refractivity contribution >= 4 is 27.3 Å². The van der Waals surface area contributed by atoms with Crippen LogP contribution in [0.4, 0.5) is 4.39 Å². The van der Waals surface area contributed by atoms with Gasteiger partial charge in [0.05, 0.1) is 4.47 Å². The van der Waals surface area contributed by atoms with E-state index in [1.165, 1.54) is 21.4 Å². The quantitative estimate of drug-likeness (QED) is 0.813. The van der Waals surface area contributed by atoms with E-state index in [0.29, 0.717) is 4.47 Å². The van der Waals surface area contributed by atoms with Crippen LogP contribution in [-0.2, 0) is 6.54 Å². The van der Waals surface area contributed by atoms with E-state index in [4.69, 9.17) is 0 Å². The molecule has 0 amide bonds. The summed E-state index contributed by atoms with van der Waals surface area (Å²) < 4.78 is 13.7. The fourth-order valence-corrected chi connectivity index (χ4v) is 3.29. The predicted octanol–water partition coefficient (Wildman–Crippen LogP) is 5.12. The van der Waals surface area contributed by atoms with E-state index in [-0.39, 0.29) is 11.9 Å². The predicted molar refractivity (Wildman–Crippen MR) is 83.1 cm³/mol. The first-order chi connectivity index (χ1) is 8.97. The first kappa shape index (κ1) is 14.7. The minimum Gasteiger partial charge on any atom is -0.305 e. The average Bonchev–Trinajstić information content (AvgIpc) is 2.69. The standard InChI is InChI=1S/C15H17BrFNS/c1-9-6-13(19-11(9)3)8-18-10(2)12-4-5-15(17)14(16)7-12/h4-7,10,18H,8H2,1-3H3. The molecule has 1 N–H and O–H groups in total. The second kappa shape index (κ2) is 6.16. The average molecular weight is 342 g/mol. The molecule has 0 saturated carbocycles. The number of thiophene rings is 1. The van der Waals surface area contributed by atoms with Crippen molar-refractivity contribution < 1.29 is 4.39 Å². The molecule has 0 aliphatic heterocycles. The molecule has 0 fully saturated rings. The lowest BCUT2D eigenvalue weighted by Gasteiger charge is -2.14. The SMILES string of the molecule is Cc1cc(CNC(C)c2ccc(F)c(Br)c2)sc1C. The molecule has 1 aromatic carbocycles. The van der Waals surface area contributed by atoms with Crippen LogP contribution in [0.1, 0.15) is 33.8 Å². The number of benzene rings is 1. The molecule has 1 aromatic heterocycles. The zero-order valence-corrected chi connectivity index (χ0v) is 13.7. The smallest absolute Gasteiger partial charge is 0.137 e. The highest BCUT2D eigenvalue weighted by molar-refractivity contribution is 9.10. The third kappa shape index (κ3) is 3.65. The van der Waals surface area contributed by atoms with Crippen molar-refractivity contribution in [1.29, 1.82) is 0 Å². The topological polar surface area (TPSA) is 12.0 Å². The maximum Gasteiger partial charge on any atom is 0.137 e. The van der Waals surface area contributed by atoms with E-state index in [0.717, 1.165) is 12.1 Å². The van der Waals surface area contributed by atoms with E-state index in [2.05, 4.69) is 48.1 Å². The van der Waals surface area contributed by atoms with Crippen molar-refractivity contribution in [3.63, 3.8) is 0 Å². The highest BCUT2D eigenvalue weighted by Gasteiger charge is 2.09. The van der Waals surface area contributed by atoms with Gasteiger partial charge in [0.1, 0.15) is 5.82 Å². The maximum absolute atomic E-state index is 13.2. The Bertz CT molecular complexity index is 560. The number of rotatable bonds is 4. The Morgan fingerprint density at radius 1 is 1.32 bits per heavy atom. The largest absolute Gasteiger partial charge is 0.305 e. The van der Waals surface area contributed by atoms with E-state index >= 15 is 0 Å². The molecule has 19 heavy (non-hydrogen) atoms. The minimum atomic E-state index is -0.222. The lowest BCUT2D eigenvalue weighted by molar-refractivity contribution is 0.573. The highest BCUT2D eigenvalue weighted by Crippen LogP contribution is 2.23. The summed E-state index contributed by atoms with van der Waals surface area (Å²) in [4.78, 5) is 2.71. The molecule has 1 heterocycles. The van der Waals surface area contributed by atoms with E-state index in [1.54, 1.807) is 0 Å². The molecule has 2 aromatic rings. The second-order valence-electron chi connectivity index (χ2n) is 4.73. The van der Waals surface area contributed by atoms with Gasteiger partial charge in [-0.15, -0.1) is 11.3 Å². The van der Waals surface area contributed by atoms with Crippen LogP contribution >= 0.6 is 27.3 Å². The second-order valence-corrected chi connectivity index (χ2v) is 6.92. The molecule has 0 saturated heterocycles. The van der Waals surface area contributed by atoms with Crippen LogP contribution in [-0.4, -0.2) is 0 Å². The van der Waals surface area contributed by atoms with Crippen molar-refractivity contribution in [3.8, 4) is 0 Å². The molecule has 102 valence electrons. The Kier molecular flexibility index (Phi) is 4.76. The molecule has 0 aliphatic rings. The van der Waals surface area contributed by atoms with Gasteiger partial charge in [-0.25, -0.2) is 4.39 Å². The molecule has 0 radical (unpaired) electrons. The van der Waals surface area contributed by atoms with Gasteiger partial charge in [-0.2, -0.15) is 0 Å². The zero-order valence-electron chi connectivity index (χ0n) is 11.3. The van der Waals surface area contributed by atoms with Gasteiger partial charge >= 0.3 is 0 Å². The number of aryl methyl sites for hydroxylation is 2. The van der Waals surface area contributed by atoms with Gasteiger partial charge < -0.3 is 5.32 Å². The van der Waals surface area contributed by atoms with Crippen molar-refractivity contribution in [1.82, 2.24) is 5.32 Å². The lowest BCUT2D eigenvalue weighted by atomic mass is 10.1. The Labute approximate surface area is 126 Å². The maximum atomic E-state index is 13.2. The zero-order chi connectivity index (χ0) is 14.0. The van der Waals surface area contributed by atoms with Crippen molar-refractivity contribution in [2.24, 2.45) is 0 Å². The Morgan fingerprint density at radius 2 is 2.05 bits per heavy atom.